The van der Waals surface area contributed by atoms with Crippen LogP contribution < -0.4 is 10.6 Å². The minimum Gasteiger partial charge on any atom is -0.452 e. The number of nitrogens with one attached hydrogen (secondary N) is 2. The van der Waals surface area contributed by atoms with Crippen molar-refractivity contribution >= 4 is 45.2 Å². The van der Waals surface area contributed by atoms with Crippen LogP contribution in [0.3, 0.4) is 0 Å². The van der Waals surface area contributed by atoms with Gasteiger partial charge in [0.1, 0.15) is 4.90 Å². The molecular weight excluding hydrogens is 468 g/mol. The van der Waals surface area contributed by atoms with E-state index < -0.39 is 50.6 Å². The fraction of sp³-hybridized carbons (Fsp3) is 0.500. The number of urea groups is 1. The van der Waals surface area contributed by atoms with Crippen molar-refractivity contribution in [3.05, 3.63) is 33.3 Å². The highest BCUT2D eigenvalue weighted by atomic mass is 35.5. The summed E-state index contributed by atoms with van der Waals surface area (Å²) in [6, 6.07) is 2.43. The van der Waals surface area contributed by atoms with Gasteiger partial charge in [0.05, 0.1) is 15.9 Å². The Morgan fingerprint density at radius 2 is 1.94 bits per heavy atom. The van der Waals surface area contributed by atoms with Crippen LogP contribution in [0.1, 0.15) is 26.7 Å². The number of amides is 3. The number of hydrogen-bond donors (Lipinski definition) is 2. The number of carbonyl (C=O) groups excluding carboxylic acids is 3. The molecular formula is C18H23ClN4O8S. The minimum absolute atomic E-state index is 0.0411. The van der Waals surface area contributed by atoms with E-state index in [4.69, 9.17) is 16.3 Å². The second-order valence-electron chi connectivity index (χ2n) is 6.98. The van der Waals surface area contributed by atoms with Gasteiger partial charge in [-0.05, 0) is 32.8 Å². The Labute approximate surface area is 189 Å². The zero-order valence-corrected chi connectivity index (χ0v) is 18.9. The van der Waals surface area contributed by atoms with Crippen molar-refractivity contribution in [1.29, 1.82) is 0 Å². The summed E-state index contributed by atoms with van der Waals surface area (Å²) in [6.45, 7) is 3.22. The summed E-state index contributed by atoms with van der Waals surface area (Å²) in [5.74, 6) is -2.12. The maximum Gasteiger partial charge on any atom is 0.321 e. The maximum absolute atomic E-state index is 12.9. The Kier molecular flexibility index (Phi) is 8.52. The van der Waals surface area contributed by atoms with Gasteiger partial charge in [-0.1, -0.05) is 11.6 Å². The average Bonchev–Trinajstić information content (AvgIpc) is 2.73. The molecule has 176 valence electrons. The Morgan fingerprint density at radius 3 is 2.50 bits per heavy atom. The zero-order valence-electron chi connectivity index (χ0n) is 17.4. The van der Waals surface area contributed by atoms with Gasteiger partial charge < -0.3 is 10.1 Å². The van der Waals surface area contributed by atoms with Crippen LogP contribution >= 0.6 is 11.6 Å². The zero-order chi connectivity index (χ0) is 24.1. The molecule has 2 N–H and O–H groups in total. The van der Waals surface area contributed by atoms with E-state index in [1.165, 1.54) is 6.92 Å². The smallest absolute Gasteiger partial charge is 0.321 e. The van der Waals surface area contributed by atoms with Gasteiger partial charge in [-0.3, -0.25) is 25.0 Å². The molecule has 0 spiro atoms. The first kappa shape index (κ1) is 25.5. The highest BCUT2D eigenvalue weighted by Gasteiger charge is 2.35. The van der Waals surface area contributed by atoms with Crippen LogP contribution in [0.25, 0.3) is 0 Å². The first-order valence-corrected chi connectivity index (χ1v) is 11.5. The number of nitro benzene ring substituents is 1. The number of esters is 1. The molecule has 14 heteroatoms. The number of non-ortho nitro benzene ring substituents is 1. The average molecular weight is 491 g/mol. The largest absolute Gasteiger partial charge is 0.452 e. The van der Waals surface area contributed by atoms with Crippen molar-refractivity contribution in [3.63, 3.8) is 0 Å². The van der Waals surface area contributed by atoms with Gasteiger partial charge in [0, 0.05) is 31.8 Å². The number of sulfonamides is 1. The van der Waals surface area contributed by atoms with Crippen LogP contribution in [-0.2, 0) is 24.3 Å². The number of benzene rings is 1. The molecule has 0 radical (unpaired) electrons. The number of piperidine rings is 1. The highest BCUT2D eigenvalue weighted by molar-refractivity contribution is 7.89. The monoisotopic (exact) mass is 490 g/mol. The molecule has 1 aliphatic heterocycles. The molecule has 0 saturated carbocycles. The number of halogens is 1. The lowest BCUT2D eigenvalue weighted by atomic mass is 9.98. The van der Waals surface area contributed by atoms with Crippen molar-refractivity contribution in [2.45, 2.75) is 37.7 Å². The molecule has 1 saturated heterocycles. The molecule has 0 aliphatic carbocycles. The first-order chi connectivity index (χ1) is 15.0. The number of ether oxygens (including phenoxy) is 1. The van der Waals surface area contributed by atoms with Gasteiger partial charge in [-0.25, -0.2) is 13.2 Å². The molecule has 0 aromatic heterocycles. The molecule has 2 rings (SSSR count). The Balaban J connectivity index is 1.98. The predicted octanol–water partition coefficient (Wildman–Crippen LogP) is 1.43. The number of nitro groups is 1. The van der Waals surface area contributed by atoms with Gasteiger partial charge in [0.2, 0.25) is 10.0 Å². The lowest BCUT2D eigenvalue weighted by Crippen LogP contribution is -2.46. The lowest BCUT2D eigenvalue weighted by Gasteiger charge is -2.30. The quantitative estimate of drug-likeness (QED) is 0.329. The highest BCUT2D eigenvalue weighted by Crippen LogP contribution is 2.31. The van der Waals surface area contributed by atoms with E-state index >= 15 is 0 Å². The van der Waals surface area contributed by atoms with Crippen LogP contribution in [0.2, 0.25) is 5.02 Å². The van der Waals surface area contributed by atoms with E-state index in [2.05, 4.69) is 5.32 Å². The van der Waals surface area contributed by atoms with Crippen molar-refractivity contribution in [2.24, 2.45) is 5.92 Å². The van der Waals surface area contributed by atoms with E-state index in [0.29, 0.717) is 6.54 Å². The number of imide groups is 1. The van der Waals surface area contributed by atoms with E-state index in [1.54, 1.807) is 6.92 Å². The van der Waals surface area contributed by atoms with Gasteiger partial charge in [-0.15, -0.1) is 0 Å². The van der Waals surface area contributed by atoms with Crippen LogP contribution in [-0.4, -0.2) is 61.3 Å². The Hall–Kier alpha value is -2.77. The molecule has 1 fully saturated rings. The first-order valence-electron chi connectivity index (χ1n) is 9.70. The topological polar surface area (TPSA) is 165 Å². The summed E-state index contributed by atoms with van der Waals surface area (Å²) in [5.41, 5.74) is -0.411. The van der Waals surface area contributed by atoms with Crippen molar-refractivity contribution < 1.29 is 32.5 Å². The van der Waals surface area contributed by atoms with Crippen LogP contribution in [0.5, 0.6) is 0 Å². The van der Waals surface area contributed by atoms with Crippen molar-refractivity contribution in [2.75, 3.05) is 19.6 Å². The molecule has 1 heterocycles. The summed E-state index contributed by atoms with van der Waals surface area (Å²) in [4.78, 5) is 45.5. The predicted molar refractivity (Wildman–Crippen MR) is 112 cm³/mol. The summed E-state index contributed by atoms with van der Waals surface area (Å²) in [5, 5.41) is 15.2. The summed E-state index contributed by atoms with van der Waals surface area (Å²) in [7, 11) is -4.12. The number of hydrogen-bond acceptors (Lipinski definition) is 8. The number of carbonyl (C=O) groups is 3. The lowest BCUT2D eigenvalue weighted by molar-refractivity contribution is -0.385. The fourth-order valence-electron chi connectivity index (χ4n) is 3.02. The molecule has 12 nitrogen and oxygen atoms in total. The third kappa shape index (κ3) is 6.14. The molecule has 1 aliphatic rings. The SMILES string of the molecule is CCNC(=O)NC(=O)C(C)OC(=O)C1CCN(S(=O)(=O)c2cc([N+](=O)[O-])ccc2Cl)CC1. The van der Waals surface area contributed by atoms with Gasteiger partial charge in [-0.2, -0.15) is 4.31 Å². The second-order valence-corrected chi connectivity index (χ2v) is 9.29. The van der Waals surface area contributed by atoms with Crippen molar-refractivity contribution in [3.8, 4) is 0 Å². The second kappa shape index (κ2) is 10.7. The Morgan fingerprint density at radius 1 is 1.31 bits per heavy atom. The van der Waals surface area contributed by atoms with Gasteiger partial charge >= 0.3 is 12.0 Å². The molecule has 3 amide bonds. The molecule has 1 aromatic rings. The molecule has 0 bridgehead atoms. The van der Waals surface area contributed by atoms with E-state index in [-0.39, 0.29) is 35.8 Å². The fourth-order valence-corrected chi connectivity index (χ4v) is 4.98. The summed E-state index contributed by atoms with van der Waals surface area (Å²) >= 11 is 5.96. The number of rotatable bonds is 7. The van der Waals surface area contributed by atoms with Crippen LogP contribution in [0, 0.1) is 16.0 Å². The third-order valence-corrected chi connectivity index (χ3v) is 7.15. The third-order valence-electron chi connectivity index (χ3n) is 4.77. The molecule has 1 unspecified atom stereocenters. The van der Waals surface area contributed by atoms with E-state index in [1.807, 2.05) is 5.32 Å². The molecule has 1 aromatic carbocycles. The van der Waals surface area contributed by atoms with Crippen molar-refractivity contribution in [1.82, 2.24) is 14.9 Å². The number of nitrogens with zero attached hydrogens (tertiary/aromatic N) is 2. The minimum atomic E-state index is -4.12. The molecule has 1 atom stereocenters. The standard InChI is InChI=1S/C18H23ClN4O8S/c1-3-20-18(26)21-16(24)11(2)31-17(25)12-6-8-22(9-7-12)32(29,30)15-10-13(23(27)28)4-5-14(15)19/h4-5,10-12H,3,6-9H2,1-2H3,(H2,20,21,24,26). The van der Waals surface area contributed by atoms with E-state index in [9.17, 15) is 32.9 Å². The van der Waals surface area contributed by atoms with Crippen LogP contribution in [0.4, 0.5) is 10.5 Å². The summed E-state index contributed by atoms with van der Waals surface area (Å²) in [6.07, 6.45) is -0.972. The Bertz CT molecular complexity index is 1010. The van der Waals surface area contributed by atoms with Crippen LogP contribution in [0.15, 0.2) is 23.1 Å². The van der Waals surface area contributed by atoms with E-state index in [0.717, 1.165) is 22.5 Å². The maximum atomic E-state index is 12.9. The van der Waals surface area contributed by atoms with Gasteiger partial charge in [0.15, 0.2) is 6.10 Å². The molecule has 32 heavy (non-hydrogen) atoms. The van der Waals surface area contributed by atoms with Gasteiger partial charge in [0.25, 0.3) is 11.6 Å². The summed E-state index contributed by atoms with van der Waals surface area (Å²) < 4.78 is 32.0. The normalized spacial score (nSPS) is 16.1.